The number of nitrogens with two attached hydrogens (primary N) is 1. The van der Waals surface area contributed by atoms with Crippen molar-refractivity contribution in [3.05, 3.63) is 36.4 Å². The number of imidazole rings is 1. The molecular formula is C24H29N7. The van der Waals surface area contributed by atoms with Crippen molar-refractivity contribution in [2.75, 3.05) is 30.3 Å². The topological polar surface area (TPSA) is 98.7 Å². The normalized spacial score (nSPS) is 20.6. The largest absolute Gasteiger partial charge is 0.399 e. The SMILES string of the molecule is Nc1ccc2[nH]nc(-c3nc4ccc(N5CCCCC5C5CCNCC5)cc4[nH]3)c2c1. The molecule has 0 radical (unpaired) electrons. The molecule has 1 atom stereocenters. The molecule has 4 heterocycles. The molecule has 160 valence electrons. The van der Waals surface area contributed by atoms with Crippen LogP contribution in [0.2, 0.25) is 0 Å². The number of aromatic nitrogens is 4. The van der Waals surface area contributed by atoms with E-state index in [4.69, 9.17) is 10.7 Å². The Labute approximate surface area is 181 Å². The Morgan fingerprint density at radius 2 is 1.87 bits per heavy atom. The second-order valence-corrected chi connectivity index (χ2v) is 9.01. The van der Waals surface area contributed by atoms with Crippen molar-refractivity contribution < 1.29 is 0 Å². The fourth-order valence-corrected chi connectivity index (χ4v) is 5.50. The Balaban J connectivity index is 1.35. The number of nitrogens with zero attached hydrogens (tertiary/aromatic N) is 3. The highest BCUT2D eigenvalue weighted by molar-refractivity contribution is 5.95. The molecule has 2 aromatic heterocycles. The van der Waals surface area contributed by atoms with E-state index >= 15 is 0 Å². The number of aromatic amines is 2. The van der Waals surface area contributed by atoms with Gasteiger partial charge >= 0.3 is 0 Å². The second-order valence-electron chi connectivity index (χ2n) is 9.01. The summed E-state index contributed by atoms with van der Waals surface area (Å²) in [5.74, 6) is 1.56. The molecule has 0 aliphatic carbocycles. The molecule has 2 aliphatic rings. The van der Waals surface area contributed by atoms with Gasteiger partial charge in [-0.2, -0.15) is 5.10 Å². The fraction of sp³-hybridized carbons (Fsp3) is 0.417. The van der Waals surface area contributed by atoms with Gasteiger partial charge in [0.25, 0.3) is 0 Å². The fourth-order valence-electron chi connectivity index (χ4n) is 5.50. The van der Waals surface area contributed by atoms with Crippen molar-refractivity contribution in [1.82, 2.24) is 25.5 Å². The van der Waals surface area contributed by atoms with Crippen molar-refractivity contribution in [3.8, 4) is 11.5 Å². The van der Waals surface area contributed by atoms with E-state index in [1.165, 1.54) is 37.8 Å². The van der Waals surface area contributed by atoms with Gasteiger partial charge in [0.2, 0.25) is 0 Å². The van der Waals surface area contributed by atoms with Gasteiger partial charge in [-0.05, 0) is 87.5 Å². The van der Waals surface area contributed by atoms with Crippen molar-refractivity contribution in [3.63, 3.8) is 0 Å². The molecule has 5 N–H and O–H groups in total. The zero-order valence-electron chi connectivity index (χ0n) is 17.7. The molecule has 4 aromatic rings. The predicted molar refractivity (Wildman–Crippen MR) is 126 cm³/mol. The van der Waals surface area contributed by atoms with Gasteiger partial charge < -0.3 is 20.9 Å². The summed E-state index contributed by atoms with van der Waals surface area (Å²) < 4.78 is 0. The van der Waals surface area contributed by atoms with Gasteiger partial charge in [-0.3, -0.25) is 5.10 Å². The van der Waals surface area contributed by atoms with Gasteiger partial charge in [0, 0.05) is 29.3 Å². The first-order valence-electron chi connectivity index (χ1n) is 11.5. The van der Waals surface area contributed by atoms with Crippen molar-refractivity contribution in [2.24, 2.45) is 5.92 Å². The number of benzene rings is 2. The average molecular weight is 416 g/mol. The monoisotopic (exact) mass is 415 g/mol. The van der Waals surface area contributed by atoms with Crippen LogP contribution in [0, 0.1) is 5.92 Å². The lowest BCUT2D eigenvalue weighted by atomic mass is 9.84. The van der Waals surface area contributed by atoms with Crippen LogP contribution in [-0.4, -0.2) is 45.8 Å². The van der Waals surface area contributed by atoms with Gasteiger partial charge in [-0.15, -0.1) is 0 Å². The Hall–Kier alpha value is -3.06. The zero-order valence-corrected chi connectivity index (χ0v) is 17.7. The maximum atomic E-state index is 6.00. The highest BCUT2D eigenvalue weighted by Crippen LogP contribution is 2.34. The molecule has 1 unspecified atom stereocenters. The van der Waals surface area contributed by atoms with Crippen LogP contribution in [0.15, 0.2) is 36.4 Å². The minimum absolute atomic E-state index is 0.647. The Bertz CT molecular complexity index is 1220. The molecule has 2 aromatic carbocycles. The molecule has 31 heavy (non-hydrogen) atoms. The van der Waals surface area contributed by atoms with E-state index in [9.17, 15) is 0 Å². The molecule has 7 nitrogen and oxygen atoms in total. The van der Waals surface area contributed by atoms with E-state index < -0.39 is 0 Å². The lowest BCUT2D eigenvalue weighted by Gasteiger charge is -2.43. The average Bonchev–Trinajstić information content (AvgIpc) is 3.42. The van der Waals surface area contributed by atoms with Crippen molar-refractivity contribution >= 4 is 33.3 Å². The second kappa shape index (κ2) is 7.57. The molecule has 2 aliphatic heterocycles. The van der Waals surface area contributed by atoms with Crippen LogP contribution in [0.4, 0.5) is 11.4 Å². The lowest BCUT2D eigenvalue weighted by molar-refractivity contribution is 0.273. The third-order valence-electron chi connectivity index (χ3n) is 7.09. The van der Waals surface area contributed by atoms with Crippen LogP contribution in [-0.2, 0) is 0 Å². The number of nitrogen functional groups attached to an aromatic ring is 1. The van der Waals surface area contributed by atoms with E-state index in [0.717, 1.165) is 64.7 Å². The maximum absolute atomic E-state index is 6.00. The smallest absolute Gasteiger partial charge is 0.159 e. The number of piperidine rings is 2. The first-order valence-corrected chi connectivity index (χ1v) is 11.5. The number of fused-ring (bicyclic) bond motifs is 2. The van der Waals surface area contributed by atoms with Crippen molar-refractivity contribution in [1.29, 1.82) is 0 Å². The third kappa shape index (κ3) is 3.33. The summed E-state index contributed by atoms with van der Waals surface area (Å²) in [6, 6.07) is 13.1. The standard InChI is InChI=1S/C24H29N7/c25-16-4-6-19-18(13-16)23(30-29-19)24-27-20-7-5-17(14-21(20)28-24)31-12-2-1-3-22(31)15-8-10-26-11-9-15/h4-7,13-15,22,26H,1-3,8-12,25H2,(H,27,28)(H,29,30). The van der Waals surface area contributed by atoms with E-state index in [1.807, 2.05) is 18.2 Å². The molecule has 2 fully saturated rings. The van der Waals surface area contributed by atoms with Gasteiger partial charge in [0.1, 0.15) is 5.69 Å². The Morgan fingerprint density at radius 1 is 0.968 bits per heavy atom. The molecule has 0 amide bonds. The maximum Gasteiger partial charge on any atom is 0.159 e. The van der Waals surface area contributed by atoms with E-state index in [1.54, 1.807) is 0 Å². The number of nitrogens with one attached hydrogen (secondary N) is 3. The van der Waals surface area contributed by atoms with Crippen LogP contribution in [0.1, 0.15) is 32.1 Å². The molecular weight excluding hydrogens is 386 g/mol. The minimum Gasteiger partial charge on any atom is -0.399 e. The number of hydrogen-bond acceptors (Lipinski definition) is 5. The molecule has 0 saturated carbocycles. The number of anilines is 2. The van der Waals surface area contributed by atoms with E-state index in [0.29, 0.717) is 6.04 Å². The summed E-state index contributed by atoms with van der Waals surface area (Å²) in [5, 5.41) is 12.1. The van der Waals surface area contributed by atoms with Crippen molar-refractivity contribution in [2.45, 2.75) is 38.1 Å². The lowest BCUT2D eigenvalue weighted by Crippen LogP contribution is -2.47. The number of H-pyrrole nitrogens is 2. The van der Waals surface area contributed by atoms with Crippen LogP contribution in [0.5, 0.6) is 0 Å². The molecule has 0 spiro atoms. The van der Waals surface area contributed by atoms with Crippen LogP contribution < -0.4 is 16.0 Å². The highest BCUT2D eigenvalue weighted by atomic mass is 15.2. The Morgan fingerprint density at radius 3 is 2.77 bits per heavy atom. The molecule has 2 saturated heterocycles. The summed E-state index contributed by atoms with van der Waals surface area (Å²) in [6.45, 7) is 3.45. The summed E-state index contributed by atoms with van der Waals surface area (Å²) in [4.78, 5) is 11.0. The molecule has 0 bridgehead atoms. The zero-order chi connectivity index (χ0) is 20.8. The predicted octanol–water partition coefficient (Wildman–Crippen LogP) is 4.05. The van der Waals surface area contributed by atoms with Gasteiger partial charge in [-0.1, -0.05) is 0 Å². The van der Waals surface area contributed by atoms with Gasteiger partial charge in [-0.25, -0.2) is 4.98 Å². The third-order valence-corrected chi connectivity index (χ3v) is 7.09. The van der Waals surface area contributed by atoms with E-state index in [-0.39, 0.29) is 0 Å². The first-order chi connectivity index (χ1) is 15.3. The molecule has 7 heteroatoms. The highest BCUT2D eigenvalue weighted by Gasteiger charge is 2.31. The Kier molecular flexibility index (Phi) is 4.56. The van der Waals surface area contributed by atoms with Crippen LogP contribution >= 0.6 is 0 Å². The summed E-state index contributed by atoms with van der Waals surface area (Å²) in [5.41, 5.74) is 11.8. The van der Waals surface area contributed by atoms with Crippen LogP contribution in [0.25, 0.3) is 33.5 Å². The van der Waals surface area contributed by atoms with Gasteiger partial charge in [0.15, 0.2) is 5.82 Å². The number of rotatable bonds is 3. The minimum atomic E-state index is 0.647. The van der Waals surface area contributed by atoms with Crippen LogP contribution in [0.3, 0.4) is 0 Å². The summed E-state index contributed by atoms with van der Waals surface area (Å²) in [6.07, 6.45) is 6.49. The summed E-state index contributed by atoms with van der Waals surface area (Å²) in [7, 11) is 0. The first kappa shape index (κ1) is 18.7. The quantitative estimate of drug-likeness (QED) is 0.379. The summed E-state index contributed by atoms with van der Waals surface area (Å²) >= 11 is 0. The molecule has 6 rings (SSSR count). The van der Waals surface area contributed by atoms with E-state index in [2.05, 4.69) is 43.6 Å². The van der Waals surface area contributed by atoms with Gasteiger partial charge in [0.05, 0.1) is 16.6 Å². The number of hydrogen-bond donors (Lipinski definition) is 4.